The highest BCUT2D eigenvalue weighted by atomic mass is 32.1. The summed E-state index contributed by atoms with van der Waals surface area (Å²) in [5.74, 6) is 0.976. The van der Waals surface area contributed by atoms with Gasteiger partial charge in [0.1, 0.15) is 5.75 Å². The molecule has 20 heavy (non-hydrogen) atoms. The van der Waals surface area contributed by atoms with Crippen molar-refractivity contribution < 1.29 is 4.74 Å². The highest BCUT2D eigenvalue weighted by Gasteiger charge is 2.22. The number of rotatable bonds is 5. The maximum atomic E-state index is 5.67. The normalized spacial score (nSPS) is 12.4. The Morgan fingerprint density at radius 3 is 2.60 bits per heavy atom. The van der Waals surface area contributed by atoms with Crippen LogP contribution in [0.15, 0.2) is 17.6 Å². The van der Waals surface area contributed by atoms with Crippen LogP contribution in [0.2, 0.25) is 0 Å². The van der Waals surface area contributed by atoms with Gasteiger partial charge in [0.05, 0.1) is 24.4 Å². The fraction of sp³-hybridized carbons (Fsp3) is 0.438. The van der Waals surface area contributed by atoms with Crippen molar-refractivity contribution in [3.8, 4) is 5.75 Å². The van der Waals surface area contributed by atoms with E-state index in [2.05, 4.69) is 50.1 Å². The maximum Gasteiger partial charge on any atom is 0.127 e. The van der Waals surface area contributed by atoms with Crippen molar-refractivity contribution in [3.63, 3.8) is 0 Å². The molecule has 2 rings (SSSR count). The van der Waals surface area contributed by atoms with Gasteiger partial charge in [-0.3, -0.25) is 0 Å². The van der Waals surface area contributed by atoms with Gasteiger partial charge >= 0.3 is 0 Å². The lowest BCUT2D eigenvalue weighted by molar-refractivity contribution is 0.401. The largest absolute Gasteiger partial charge is 0.496 e. The Balaban J connectivity index is 2.56. The van der Waals surface area contributed by atoms with E-state index in [9.17, 15) is 0 Å². The van der Waals surface area contributed by atoms with Crippen LogP contribution in [0, 0.1) is 20.8 Å². The van der Waals surface area contributed by atoms with Crippen molar-refractivity contribution in [2.75, 3.05) is 13.7 Å². The van der Waals surface area contributed by atoms with Gasteiger partial charge in [-0.2, -0.15) is 0 Å². The molecule has 1 heterocycles. The Morgan fingerprint density at radius 1 is 1.30 bits per heavy atom. The fourth-order valence-corrected chi connectivity index (χ4v) is 3.34. The summed E-state index contributed by atoms with van der Waals surface area (Å²) in [6.45, 7) is 9.31. The predicted octanol–water partition coefficient (Wildman–Crippen LogP) is 3.78. The van der Waals surface area contributed by atoms with Crippen LogP contribution in [0.25, 0.3) is 0 Å². The number of thiazole rings is 1. The third-order valence-corrected chi connectivity index (χ3v) is 4.67. The second-order valence-electron chi connectivity index (χ2n) is 4.92. The summed E-state index contributed by atoms with van der Waals surface area (Å²) in [6, 6.07) is 4.46. The molecule has 0 saturated carbocycles. The first-order valence-electron chi connectivity index (χ1n) is 6.87. The number of methoxy groups -OCH3 is 1. The van der Waals surface area contributed by atoms with Gasteiger partial charge in [0.25, 0.3) is 0 Å². The quantitative estimate of drug-likeness (QED) is 0.910. The highest BCUT2D eigenvalue weighted by Crippen LogP contribution is 2.36. The molecule has 0 spiro atoms. The SMILES string of the molecule is CCNC(c1ccc(C)c(C)c1OC)c1scnc1C. The second-order valence-corrected chi connectivity index (χ2v) is 5.81. The molecule has 0 fully saturated rings. The lowest BCUT2D eigenvalue weighted by Crippen LogP contribution is -2.22. The summed E-state index contributed by atoms with van der Waals surface area (Å²) in [5.41, 5.74) is 6.63. The van der Waals surface area contributed by atoms with Crippen molar-refractivity contribution in [2.45, 2.75) is 33.7 Å². The molecule has 1 atom stereocenters. The van der Waals surface area contributed by atoms with Gasteiger partial charge in [-0.1, -0.05) is 19.1 Å². The third kappa shape index (κ3) is 2.72. The summed E-state index contributed by atoms with van der Waals surface area (Å²) in [6.07, 6.45) is 0. The molecule has 4 heteroatoms. The Bertz CT molecular complexity index is 592. The van der Waals surface area contributed by atoms with Crippen LogP contribution in [0.4, 0.5) is 0 Å². The number of nitrogens with one attached hydrogen (secondary N) is 1. The number of hydrogen-bond donors (Lipinski definition) is 1. The van der Waals surface area contributed by atoms with E-state index in [1.807, 2.05) is 5.51 Å². The van der Waals surface area contributed by atoms with E-state index in [-0.39, 0.29) is 6.04 Å². The van der Waals surface area contributed by atoms with Gasteiger partial charge in [-0.05, 0) is 38.4 Å². The molecular formula is C16H22N2OS. The Hall–Kier alpha value is -1.39. The number of ether oxygens (including phenoxy) is 1. The zero-order valence-electron chi connectivity index (χ0n) is 12.8. The molecule has 3 nitrogen and oxygen atoms in total. The third-order valence-electron chi connectivity index (χ3n) is 3.68. The second kappa shape index (κ2) is 6.37. The summed E-state index contributed by atoms with van der Waals surface area (Å²) in [5, 5.41) is 3.55. The monoisotopic (exact) mass is 290 g/mol. The molecule has 0 saturated heterocycles. The molecule has 0 amide bonds. The van der Waals surface area contributed by atoms with Crippen LogP contribution < -0.4 is 10.1 Å². The molecule has 2 aromatic rings. The maximum absolute atomic E-state index is 5.67. The van der Waals surface area contributed by atoms with Crippen LogP contribution in [0.5, 0.6) is 5.75 Å². The van der Waals surface area contributed by atoms with Crippen molar-refractivity contribution in [1.29, 1.82) is 0 Å². The number of nitrogens with zero attached hydrogens (tertiary/aromatic N) is 1. The number of benzene rings is 1. The van der Waals surface area contributed by atoms with E-state index in [4.69, 9.17) is 4.74 Å². The van der Waals surface area contributed by atoms with Crippen LogP contribution in [0.1, 0.15) is 40.2 Å². The first-order chi connectivity index (χ1) is 9.60. The molecule has 0 radical (unpaired) electrons. The van der Waals surface area contributed by atoms with Crippen LogP contribution in [-0.4, -0.2) is 18.6 Å². The van der Waals surface area contributed by atoms with E-state index in [1.54, 1.807) is 18.4 Å². The van der Waals surface area contributed by atoms with Gasteiger partial charge in [0.2, 0.25) is 0 Å². The topological polar surface area (TPSA) is 34.1 Å². The van der Waals surface area contributed by atoms with Gasteiger partial charge < -0.3 is 10.1 Å². The van der Waals surface area contributed by atoms with Crippen molar-refractivity contribution in [3.05, 3.63) is 44.9 Å². The summed E-state index contributed by atoms with van der Waals surface area (Å²) in [7, 11) is 1.74. The van der Waals surface area contributed by atoms with Crippen LogP contribution >= 0.6 is 11.3 Å². The van der Waals surface area contributed by atoms with Crippen LogP contribution in [0.3, 0.4) is 0 Å². The molecule has 1 unspecified atom stereocenters. The summed E-state index contributed by atoms with van der Waals surface area (Å²) < 4.78 is 5.67. The van der Waals surface area contributed by atoms with Gasteiger partial charge in [-0.25, -0.2) is 4.98 Å². The lowest BCUT2D eigenvalue weighted by atomic mass is 9.97. The zero-order chi connectivity index (χ0) is 14.7. The average Bonchev–Trinajstić information content (AvgIpc) is 2.85. The highest BCUT2D eigenvalue weighted by molar-refractivity contribution is 7.09. The Labute approximate surface area is 125 Å². The van der Waals surface area contributed by atoms with E-state index in [0.717, 1.165) is 18.0 Å². The smallest absolute Gasteiger partial charge is 0.127 e. The van der Waals surface area contributed by atoms with Gasteiger partial charge in [0.15, 0.2) is 0 Å². The molecule has 0 bridgehead atoms. The standard InChI is InChI=1S/C16H22N2OS/c1-6-17-14(16-12(4)18-9-20-16)13-8-7-10(2)11(3)15(13)19-5/h7-9,14,17H,6H2,1-5H3. The number of aryl methyl sites for hydroxylation is 2. The molecule has 1 N–H and O–H groups in total. The number of aromatic nitrogens is 1. The Kier molecular flexibility index (Phi) is 4.78. The first-order valence-corrected chi connectivity index (χ1v) is 7.75. The molecule has 108 valence electrons. The van der Waals surface area contributed by atoms with E-state index in [1.165, 1.54) is 21.6 Å². The molecule has 0 aliphatic heterocycles. The van der Waals surface area contributed by atoms with Crippen molar-refractivity contribution in [1.82, 2.24) is 10.3 Å². The van der Waals surface area contributed by atoms with E-state index in [0.29, 0.717) is 0 Å². The van der Waals surface area contributed by atoms with Gasteiger partial charge in [-0.15, -0.1) is 11.3 Å². The lowest BCUT2D eigenvalue weighted by Gasteiger charge is -2.22. The molecule has 0 aliphatic carbocycles. The summed E-state index contributed by atoms with van der Waals surface area (Å²) >= 11 is 1.69. The minimum absolute atomic E-state index is 0.141. The fourth-order valence-electron chi connectivity index (χ4n) is 2.45. The van der Waals surface area contributed by atoms with Crippen molar-refractivity contribution in [2.24, 2.45) is 0 Å². The molecule has 1 aromatic carbocycles. The van der Waals surface area contributed by atoms with Crippen molar-refractivity contribution >= 4 is 11.3 Å². The summed E-state index contributed by atoms with van der Waals surface area (Å²) in [4.78, 5) is 5.64. The van der Waals surface area contributed by atoms with Crippen LogP contribution in [-0.2, 0) is 0 Å². The minimum Gasteiger partial charge on any atom is -0.496 e. The predicted molar refractivity (Wildman–Crippen MR) is 84.8 cm³/mol. The Morgan fingerprint density at radius 2 is 2.05 bits per heavy atom. The average molecular weight is 290 g/mol. The van der Waals surface area contributed by atoms with E-state index < -0.39 is 0 Å². The van der Waals surface area contributed by atoms with E-state index >= 15 is 0 Å². The number of hydrogen-bond acceptors (Lipinski definition) is 4. The first kappa shape index (κ1) is 15.0. The molecule has 0 aliphatic rings. The molecular weight excluding hydrogens is 268 g/mol. The zero-order valence-corrected chi connectivity index (χ0v) is 13.6. The minimum atomic E-state index is 0.141. The molecule has 1 aromatic heterocycles. The van der Waals surface area contributed by atoms with Gasteiger partial charge in [0, 0.05) is 10.4 Å².